The van der Waals surface area contributed by atoms with E-state index in [-0.39, 0.29) is 18.7 Å². The lowest BCUT2D eigenvalue weighted by molar-refractivity contribution is -0.138. The number of carbonyl (C=O) groups excluding carboxylic acids is 2. The molecule has 0 aliphatic heterocycles. The van der Waals surface area contributed by atoms with E-state index in [9.17, 15) is 19.5 Å². The van der Waals surface area contributed by atoms with Crippen LogP contribution < -0.4 is 26.4 Å². The number of carbonyl (C=O) groups is 3. The molecule has 2 amide bonds. The number of aliphatic carboxylic acids is 1. The third-order valence-corrected chi connectivity index (χ3v) is 9.60. The molecule has 0 bridgehead atoms. The Balaban J connectivity index is 1.28. The smallest absolute Gasteiger partial charge is 0.305 e. The van der Waals surface area contributed by atoms with Gasteiger partial charge in [0.2, 0.25) is 11.8 Å². The number of benzene rings is 3. The molecule has 0 radical (unpaired) electrons. The predicted molar refractivity (Wildman–Crippen MR) is 237 cm³/mol. The molecule has 17 nitrogen and oxygen atoms in total. The summed E-state index contributed by atoms with van der Waals surface area (Å²) in [5.74, 6) is -0.340. The summed E-state index contributed by atoms with van der Waals surface area (Å²) >= 11 is 0. The van der Waals surface area contributed by atoms with E-state index in [4.69, 9.17) is 34.9 Å². The number of rotatable bonds is 32. The van der Waals surface area contributed by atoms with Crippen LogP contribution in [-0.2, 0) is 33.3 Å². The maximum Gasteiger partial charge on any atom is 0.305 e. The Morgan fingerprint density at radius 3 is 2.16 bits per heavy atom. The first kappa shape index (κ1) is 48.9. The number of nitrogens with one attached hydrogen (secondary N) is 3. The summed E-state index contributed by atoms with van der Waals surface area (Å²) in [5, 5.41) is 24.1. The van der Waals surface area contributed by atoms with Gasteiger partial charge in [0.1, 0.15) is 24.2 Å². The lowest BCUT2D eigenvalue weighted by Gasteiger charge is -2.23. The summed E-state index contributed by atoms with van der Waals surface area (Å²) in [6.07, 6.45) is 3.78. The number of hydrogen-bond acceptors (Lipinski definition) is 12. The van der Waals surface area contributed by atoms with Crippen molar-refractivity contribution in [2.24, 2.45) is 10.8 Å². The maximum absolute atomic E-state index is 13.7. The van der Waals surface area contributed by atoms with Gasteiger partial charge in [0.25, 0.3) is 0 Å². The number of azide groups is 1. The summed E-state index contributed by atoms with van der Waals surface area (Å²) in [4.78, 5) is 45.6. The molecule has 0 spiro atoms. The van der Waals surface area contributed by atoms with E-state index in [0.29, 0.717) is 116 Å². The van der Waals surface area contributed by atoms with E-state index < -0.39 is 24.0 Å². The van der Waals surface area contributed by atoms with Crippen LogP contribution in [0.25, 0.3) is 32.3 Å². The maximum atomic E-state index is 13.7. The van der Waals surface area contributed by atoms with Crippen molar-refractivity contribution in [3.8, 4) is 16.9 Å². The van der Waals surface area contributed by atoms with Crippen molar-refractivity contribution < 1.29 is 43.2 Å². The molecule has 2 atom stereocenters. The van der Waals surface area contributed by atoms with Crippen LogP contribution in [0.2, 0.25) is 0 Å². The number of amides is 2. The van der Waals surface area contributed by atoms with Crippen molar-refractivity contribution in [2.75, 3.05) is 84.4 Å². The highest BCUT2D eigenvalue weighted by Crippen LogP contribution is 2.35. The Bertz CT molecular complexity index is 2010. The van der Waals surface area contributed by atoms with Gasteiger partial charge in [-0.25, -0.2) is 4.98 Å². The summed E-state index contributed by atoms with van der Waals surface area (Å²) in [5.41, 5.74) is 17.5. The van der Waals surface area contributed by atoms with Gasteiger partial charge in [-0.1, -0.05) is 59.7 Å². The molecule has 17 heteroatoms. The minimum absolute atomic E-state index is 0.201. The molecule has 0 fully saturated rings. The van der Waals surface area contributed by atoms with Gasteiger partial charge in [-0.05, 0) is 90.5 Å². The quantitative estimate of drug-likeness (QED) is 0.0162. The van der Waals surface area contributed by atoms with Gasteiger partial charge in [0, 0.05) is 36.0 Å². The molecule has 6 N–H and O–H groups in total. The van der Waals surface area contributed by atoms with Crippen LogP contribution in [0.3, 0.4) is 0 Å². The lowest BCUT2D eigenvalue weighted by Crippen LogP contribution is -2.48. The molecule has 0 unspecified atom stereocenters. The number of aryl methyl sites for hydroxylation is 1. The Hall–Kier alpha value is -5.81. The molecule has 3 aromatic carbocycles. The van der Waals surface area contributed by atoms with Crippen LogP contribution in [-0.4, -0.2) is 113 Å². The van der Waals surface area contributed by atoms with E-state index in [1.54, 1.807) is 6.20 Å². The van der Waals surface area contributed by atoms with Gasteiger partial charge in [-0.2, -0.15) is 0 Å². The number of nitrogens with two attached hydrogens (primary N) is 1. The molecule has 1 heterocycles. The molecule has 0 saturated heterocycles. The normalized spacial score (nSPS) is 12.0. The van der Waals surface area contributed by atoms with Crippen molar-refractivity contribution in [2.45, 2.75) is 57.5 Å². The summed E-state index contributed by atoms with van der Waals surface area (Å²) in [6.45, 7) is 6.91. The number of hydrogen-bond donors (Lipinski definition) is 5. The number of ether oxygens (including phenoxy) is 5. The Morgan fingerprint density at radius 2 is 1.50 bits per heavy atom. The SMILES string of the molecule is Cc1ccnc(NCCCC(=O)N[C@@H](CCCCN)C(=O)N[C@@H](CC(=O)O)c2ccc(-c3ccc(OCCOCCOCCOCCOCCN=[N+]=[N-])c4ccccc34)cc2)c1. The van der Waals surface area contributed by atoms with Gasteiger partial charge in [-0.15, -0.1) is 0 Å². The van der Waals surface area contributed by atoms with Crippen molar-refractivity contribution in [1.29, 1.82) is 0 Å². The minimum Gasteiger partial charge on any atom is -0.491 e. The molecule has 62 heavy (non-hydrogen) atoms. The van der Waals surface area contributed by atoms with Crippen LogP contribution in [0.5, 0.6) is 5.75 Å². The van der Waals surface area contributed by atoms with E-state index in [1.165, 1.54) is 0 Å². The molecule has 334 valence electrons. The fourth-order valence-corrected chi connectivity index (χ4v) is 6.49. The topological polar surface area (TPSA) is 241 Å². The van der Waals surface area contributed by atoms with Crippen LogP contribution in [0.4, 0.5) is 5.82 Å². The third-order valence-electron chi connectivity index (χ3n) is 9.60. The molecule has 4 aromatic rings. The zero-order valence-electron chi connectivity index (χ0n) is 35.5. The van der Waals surface area contributed by atoms with E-state index in [0.717, 1.165) is 33.3 Å². The van der Waals surface area contributed by atoms with Gasteiger partial charge < -0.3 is 50.5 Å². The first-order valence-corrected chi connectivity index (χ1v) is 21.0. The standard InChI is InChI=1S/C45H60N8O9/c1-33-17-20-49-42(31-33)48-19-6-10-43(54)51-39(9-4-5-18-46)45(57)52-40(32-44(55)56)35-13-11-34(12-14-35)36-15-16-41(38-8-3-2-7-37(36)38)62-30-29-61-28-27-60-26-25-59-24-23-58-22-21-50-53-47/h2-3,7-8,11-17,20,31,39-40H,4-6,9-10,18-19,21-30,32,46H2,1H3,(H,48,49)(H,51,54)(H,52,57)(H,55,56)/t39-,40-/m0/s1. The number of unbranched alkanes of at least 4 members (excludes halogenated alkanes) is 1. The molecule has 0 aliphatic carbocycles. The fraction of sp³-hybridized carbons (Fsp3) is 0.467. The second kappa shape index (κ2) is 28.7. The monoisotopic (exact) mass is 856 g/mol. The van der Waals surface area contributed by atoms with Crippen LogP contribution in [0, 0.1) is 6.92 Å². The van der Waals surface area contributed by atoms with Crippen molar-refractivity contribution in [3.63, 3.8) is 0 Å². The van der Waals surface area contributed by atoms with Crippen molar-refractivity contribution >= 4 is 34.4 Å². The molecule has 4 rings (SSSR count). The van der Waals surface area contributed by atoms with Gasteiger partial charge >= 0.3 is 5.97 Å². The molecular weight excluding hydrogens is 797 g/mol. The lowest BCUT2D eigenvalue weighted by atomic mass is 9.95. The zero-order chi connectivity index (χ0) is 44.2. The fourth-order valence-electron chi connectivity index (χ4n) is 6.49. The molecule has 0 aliphatic rings. The highest BCUT2D eigenvalue weighted by molar-refractivity contribution is 6.00. The number of carboxylic acids is 1. The average molecular weight is 857 g/mol. The number of pyridine rings is 1. The van der Waals surface area contributed by atoms with Gasteiger partial charge in [0.15, 0.2) is 0 Å². The summed E-state index contributed by atoms with van der Waals surface area (Å²) < 4.78 is 28.0. The van der Waals surface area contributed by atoms with Crippen LogP contribution in [0.1, 0.15) is 55.7 Å². The van der Waals surface area contributed by atoms with Crippen LogP contribution in [0.15, 0.2) is 84.1 Å². The highest BCUT2D eigenvalue weighted by atomic mass is 16.6. The van der Waals surface area contributed by atoms with E-state index in [1.807, 2.05) is 79.7 Å². The van der Waals surface area contributed by atoms with Crippen molar-refractivity contribution in [3.05, 3.63) is 101 Å². The molecular formula is C45H60N8O9. The second-order valence-corrected chi connectivity index (χ2v) is 14.3. The molecule has 0 saturated carbocycles. The Morgan fingerprint density at radius 1 is 0.823 bits per heavy atom. The van der Waals surface area contributed by atoms with Gasteiger partial charge in [0.05, 0.1) is 65.3 Å². The largest absolute Gasteiger partial charge is 0.491 e. The summed E-state index contributed by atoms with van der Waals surface area (Å²) in [7, 11) is 0. The van der Waals surface area contributed by atoms with Gasteiger partial charge in [-0.3, -0.25) is 14.4 Å². The first-order valence-electron chi connectivity index (χ1n) is 21.0. The number of carboxylic acid groups (broad SMARTS) is 1. The Labute approximate surface area is 362 Å². The number of aromatic nitrogens is 1. The first-order chi connectivity index (χ1) is 30.3. The number of anilines is 1. The predicted octanol–water partition coefficient (Wildman–Crippen LogP) is 6.10. The van der Waals surface area contributed by atoms with Crippen molar-refractivity contribution in [1.82, 2.24) is 15.6 Å². The third kappa shape index (κ3) is 18.0. The number of fused-ring (bicyclic) bond motifs is 1. The van der Waals surface area contributed by atoms with Crippen LogP contribution >= 0.6 is 0 Å². The van der Waals surface area contributed by atoms with E-state index >= 15 is 0 Å². The highest BCUT2D eigenvalue weighted by Gasteiger charge is 2.25. The minimum atomic E-state index is -1.07. The van der Waals surface area contributed by atoms with E-state index in [2.05, 4.69) is 31.0 Å². The Kier molecular flexibility index (Phi) is 22.6. The average Bonchev–Trinajstić information content (AvgIpc) is 3.27. The zero-order valence-corrected chi connectivity index (χ0v) is 35.5. The molecule has 1 aromatic heterocycles. The summed E-state index contributed by atoms with van der Waals surface area (Å²) in [6, 6.07) is 21.4. The second-order valence-electron chi connectivity index (χ2n) is 14.3. The number of nitrogens with zero attached hydrogens (tertiary/aromatic N) is 4.